The van der Waals surface area contributed by atoms with Crippen molar-refractivity contribution >= 4 is 10.0 Å². The van der Waals surface area contributed by atoms with E-state index in [4.69, 9.17) is 0 Å². The molecule has 0 aliphatic heterocycles. The molecule has 0 aromatic heterocycles. The molecule has 4 nitrogen and oxygen atoms in total. The molecular formula is C15H23FN2O2S. The molecule has 1 aromatic carbocycles. The fourth-order valence-electron chi connectivity index (χ4n) is 2.08. The van der Waals surface area contributed by atoms with Crippen LogP contribution in [0.5, 0.6) is 0 Å². The third-order valence-corrected chi connectivity index (χ3v) is 5.04. The molecule has 0 atom stereocenters. The zero-order chi connectivity index (χ0) is 15.5. The summed E-state index contributed by atoms with van der Waals surface area (Å²) in [4.78, 5) is -0.272. The smallest absolute Gasteiger partial charge is 0.243 e. The second-order valence-corrected chi connectivity index (χ2v) is 7.67. The molecule has 1 aliphatic rings. The Morgan fingerprint density at radius 1 is 1.33 bits per heavy atom. The van der Waals surface area contributed by atoms with Crippen LogP contribution in [0.25, 0.3) is 0 Å². The number of nitrogens with one attached hydrogen (secondary N) is 2. The first kappa shape index (κ1) is 16.4. The summed E-state index contributed by atoms with van der Waals surface area (Å²) in [5.41, 5.74) is 0.734. The van der Waals surface area contributed by atoms with Gasteiger partial charge in [-0.05, 0) is 30.0 Å². The van der Waals surface area contributed by atoms with Crippen LogP contribution in [0.3, 0.4) is 0 Å². The summed E-state index contributed by atoms with van der Waals surface area (Å²) in [7, 11) is -3.75. The molecule has 1 aliphatic carbocycles. The molecule has 21 heavy (non-hydrogen) atoms. The Morgan fingerprint density at radius 2 is 2.05 bits per heavy atom. The van der Waals surface area contributed by atoms with Gasteiger partial charge in [-0.1, -0.05) is 32.8 Å². The fraction of sp³-hybridized carbons (Fsp3) is 0.600. The first-order chi connectivity index (χ1) is 9.88. The summed E-state index contributed by atoms with van der Waals surface area (Å²) in [6.45, 7) is 4.89. The molecular weight excluding hydrogens is 291 g/mol. The van der Waals surface area contributed by atoms with Crippen molar-refractivity contribution in [1.82, 2.24) is 10.0 Å². The van der Waals surface area contributed by atoms with Crippen LogP contribution in [0.4, 0.5) is 4.39 Å². The van der Waals surface area contributed by atoms with Crippen LogP contribution in [0.2, 0.25) is 0 Å². The highest BCUT2D eigenvalue weighted by atomic mass is 32.2. The molecule has 2 rings (SSSR count). The topological polar surface area (TPSA) is 58.2 Å². The lowest BCUT2D eigenvalue weighted by Crippen LogP contribution is -2.26. The number of halogens is 1. The maximum Gasteiger partial charge on any atom is 0.243 e. The number of rotatable bonds is 8. The van der Waals surface area contributed by atoms with Gasteiger partial charge in [0, 0.05) is 19.1 Å². The molecule has 0 bridgehead atoms. The Balaban J connectivity index is 2.00. The second-order valence-electron chi connectivity index (χ2n) is 5.93. The molecule has 1 aromatic rings. The van der Waals surface area contributed by atoms with Gasteiger partial charge in [0.1, 0.15) is 10.7 Å². The number of sulfonamides is 1. The van der Waals surface area contributed by atoms with Crippen molar-refractivity contribution in [2.45, 2.75) is 50.6 Å². The third kappa shape index (κ3) is 5.05. The summed E-state index contributed by atoms with van der Waals surface area (Å²) in [5.74, 6) is -0.0565. The van der Waals surface area contributed by atoms with E-state index >= 15 is 0 Å². The number of hydrogen-bond donors (Lipinski definition) is 2. The normalized spacial score (nSPS) is 15.6. The van der Waals surface area contributed by atoms with E-state index in [1.165, 1.54) is 25.0 Å². The van der Waals surface area contributed by atoms with E-state index in [9.17, 15) is 12.8 Å². The van der Waals surface area contributed by atoms with Gasteiger partial charge in [-0.2, -0.15) is 0 Å². The SMILES string of the molecule is CC(C)NCc1ccc(S(=O)(=O)NCCC2CC2)c(F)c1. The summed E-state index contributed by atoms with van der Waals surface area (Å²) >= 11 is 0. The second kappa shape index (κ2) is 6.85. The van der Waals surface area contributed by atoms with Crippen LogP contribution in [0.15, 0.2) is 23.1 Å². The molecule has 0 unspecified atom stereocenters. The number of benzene rings is 1. The molecule has 0 saturated heterocycles. The van der Waals surface area contributed by atoms with Gasteiger partial charge in [0.25, 0.3) is 0 Å². The maximum absolute atomic E-state index is 14.0. The Morgan fingerprint density at radius 3 is 2.62 bits per heavy atom. The molecule has 1 fully saturated rings. The minimum absolute atomic E-state index is 0.272. The Kier molecular flexibility index (Phi) is 5.35. The highest BCUT2D eigenvalue weighted by Gasteiger charge is 2.23. The van der Waals surface area contributed by atoms with Crippen molar-refractivity contribution in [2.75, 3.05) is 6.54 Å². The van der Waals surface area contributed by atoms with E-state index < -0.39 is 15.8 Å². The summed E-state index contributed by atoms with van der Waals surface area (Å²) < 4.78 is 40.6. The monoisotopic (exact) mass is 314 g/mol. The van der Waals surface area contributed by atoms with Crippen LogP contribution in [0, 0.1) is 11.7 Å². The molecule has 0 radical (unpaired) electrons. The lowest BCUT2D eigenvalue weighted by atomic mass is 10.2. The third-order valence-electron chi connectivity index (χ3n) is 3.54. The van der Waals surface area contributed by atoms with E-state index in [1.807, 2.05) is 13.8 Å². The van der Waals surface area contributed by atoms with Crippen LogP contribution in [-0.2, 0) is 16.6 Å². The zero-order valence-electron chi connectivity index (χ0n) is 12.5. The van der Waals surface area contributed by atoms with E-state index in [0.29, 0.717) is 25.0 Å². The minimum Gasteiger partial charge on any atom is -0.310 e. The van der Waals surface area contributed by atoms with Crippen LogP contribution < -0.4 is 10.0 Å². The highest BCUT2D eigenvalue weighted by molar-refractivity contribution is 7.89. The van der Waals surface area contributed by atoms with Crippen LogP contribution in [0.1, 0.15) is 38.7 Å². The zero-order valence-corrected chi connectivity index (χ0v) is 13.3. The van der Waals surface area contributed by atoms with Gasteiger partial charge >= 0.3 is 0 Å². The highest BCUT2D eigenvalue weighted by Crippen LogP contribution is 2.31. The lowest BCUT2D eigenvalue weighted by Gasteiger charge is -2.11. The predicted molar refractivity (Wildman–Crippen MR) is 80.9 cm³/mol. The van der Waals surface area contributed by atoms with E-state index in [0.717, 1.165) is 12.0 Å². The Labute approximate surface area is 126 Å². The Bertz CT molecular complexity index is 583. The van der Waals surface area contributed by atoms with Gasteiger partial charge in [0.05, 0.1) is 0 Å². The number of hydrogen-bond acceptors (Lipinski definition) is 3. The summed E-state index contributed by atoms with van der Waals surface area (Å²) in [6, 6.07) is 4.56. The maximum atomic E-state index is 14.0. The van der Waals surface area contributed by atoms with E-state index in [-0.39, 0.29) is 4.90 Å². The van der Waals surface area contributed by atoms with E-state index in [1.54, 1.807) is 6.07 Å². The first-order valence-corrected chi connectivity index (χ1v) is 8.88. The van der Waals surface area contributed by atoms with Crippen molar-refractivity contribution in [3.8, 4) is 0 Å². The van der Waals surface area contributed by atoms with Gasteiger partial charge in [-0.3, -0.25) is 0 Å². The molecule has 118 valence electrons. The van der Waals surface area contributed by atoms with Gasteiger partial charge in [-0.15, -0.1) is 0 Å². The molecule has 6 heteroatoms. The average molecular weight is 314 g/mol. The molecule has 0 amide bonds. The van der Waals surface area contributed by atoms with Crippen molar-refractivity contribution < 1.29 is 12.8 Å². The largest absolute Gasteiger partial charge is 0.310 e. The molecule has 0 spiro atoms. The van der Waals surface area contributed by atoms with Crippen molar-refractivity contribution in [2.24, 2.45) is 5.92 Å². The van der Waals surface area contributed by atoms with Gasteiger partial charge in [0.2, 0.25) is 10.0 Å². The molecule has 2 N–H and O–H groups in total. The minimum atomic E-state index is -3.75. The fourth-order valence-corrected chi connectivity index (χ4v) is 3.18. The summed E-state index contributed by atoms with van der Waals surface area (Å²) in [6.07, 6.45) is 3.18. The van der Waals surface area contributed by atoms with E-state index in [2.05, 4.69) is 10.0 Å². The van der Waals surface area contributed by atoms with Crippen molar-refractivity contribution in [1.29, 1.82) is 0 Å². The van der Waals surface area contributed by atoms with Crippen molar-refractivity contribution in [3.63, 3.8) is 0 Å². The standard InChI is InChI=1S/C15H23FN2O2S/c1-11(2)17-10-13-5-6-15(14(16)9-13)21(19,20)18-8-7-12-3-4-12/h5-6,9,11-12,17-18H,3-4,7-8,10H2,1-2H3. The van der Waals surface area contributed by atoms with Crippen molar-refractivity contribution in [3.05, 3.63) is 29.6 Å². The van der Waals surface area contributed by atoms with Gasteiger partial charge in [-0.25, -0.2) is 17.5 Å². The quantitative estimate of drug-likeness (QED) is 0.774. The lowest BCUT2D eigenvalue weighted by molar-refractivity contribution is 0.548. The van der Waals surface area contributed by atoms with Crippen LogP contribution >= 0.6 is 0 Å². The predicted octanol–water partition coefficient (Wildman–Crippen LogP) is 2.40. The summed E-state index contributed by atoms with van der Waals surface area (Å²) in [5, 5.41) is 3.17. The van der Waals surface area contributed by atoms with Crippen LogP contribution in [-0.4, -0.2) is 21.0 Å². The van der Waals surface area contributed by atoms with Gasteiger partial charge in [0.15, 0.2) is 0 Å². The molecule has 0 heterocycles. The Hall–Kier alpha value is -0.980. The first-order valence-electron chi connectivity index (χ1n) is 7.40. The average Bonchev–Trinajstić information content (AvgIpc) is 3.20. The molecule has 1 saturated carbocycles. The van der Waals surface area contributed by atoms with Gasteiger partial charge < -0.3 is 5.32 Å².